The summed E-state index contributed by atoms with van der Waals surface area (Å²) in [5.41, 5.74) is -0.268. The molecule has 1 aliphatic rings. The van der Waals surface area contributed by atoms with Crippen molar-refractivity contribution in [3.8, 4) is 11.8 Å². The molecule has 1 amide bonds. The Balaban J connectivity index is 2.05. The van der Waals surface area contributed by atoms with Gasteiger partial charge in [-0.15, -0.1) is 0 Å². The van der Waals surface area contributed by atoms with E-state index in [0.717, 1.165) is 19.3 Å². The van der Waals surface area contributed by atoms with Crippen LogP contribution in [0.1, 0.15) is 49.4 Å². The molecule has 0 bridgehead atoms. The van der Waals surface area contributed by atoms with Crippen LogP contribution in [0, 0.1) is 17.2 Å². The summed E-state index contributed by atoms with van der Waals surface area (Å²) in [5.74, 6) is 0.545. The Morgan fingerprint density at radius 3 is 2.50 bits per heavy atom. The fraction of sp³-hybridized carbons (Fsp3) is 0.500. The van der Waals surface area contributed by atoms with Crippen molar-refractivity contribution < 1.29 is 9.90 Å². The zero-order valence-corrected chi connectivity index (χ0v) is 11.7. The second kappa shape index (κ2) is 5.96. The number of nitriles is 1. The van der Waals surface area contributed by atoms with E-state index in [1.165, 1.54) is 12.1 Å². The molecular weight excluding hydrogens is 252 g/mol. The standard InChI is InChI=1S/C16H20N2O2/c1-2-12-7-9-16(11-17,10-8-12)18-15(20)13-3-5-14(19)6-4-13/h3-6,12,19H,2,7-10H2,1H3,(H,18,20). The first-order valence-corrected chi connectivity index (χ1v) is 7.11. The van der Waals surface area contributed by atoms with Crippen LogP contribution >= 0.6 is 0 Å². The molecule has 0 spiro atoms. The molecule has 0 radical (unpaired) electrons. The minimum Gasteiger partial charge on any atom is -0.508 e. The van der Waals surface area contributed by atoms with Gasteiger partial charge in [-0.25, -0.2) is 0 Å². The third-order valence-electron chi connectivity index (χ3n) is 4.23. The Kier molecular flexibility index (Phi) is 4.29. The van der Waals surface area contributed by atoms with Crippen molar-refractivity contribution in [2.24, 2.45) is 5.92 Å². The van der Waals surface area contributed by atoms with E-state index in [0.29, 0.717) is 24.3 Å². The van der Waals surface area contributed by atoms with Gasteiger partial charge in [0.15, 0.2) is 0 Å². The number of nitrogens with zero attached hydrogens (tertiary/aromatic N) is 1. The minimum absolute atomic E-state index is 0.125. The fourth-order valence-corrected chi connectivity index (χ4v) is 2.75. The number of aromatic hydroxyl groups is 1. The lowest BCUT2D eigenvalue weighted by atomic mass is 9.76. The summed E-state index contributed by atoms with van der Waals surface area (Å²) in [7, 11) is 0. The Morgan fingerprint density at radius 1 is 1.40 bits per heavy atom. The maximum Gasteiger partial charge on any atom is 0.252 e. The molecule has 0 atom stereocenters. The molecule has 4 heteroatoms. The number of carbonyl (C=O) groups is 1. The highest BCUT2D eigenvalue weighted by Crippen LogP contribution is 2.33. The summed E-state index contributed by atoms with van der Waals surface area (Å²) in [4.78, 5) is 12.2. The van der Waals surface area contributed by atoms with Crippen LogP contribution in [0.2, 0.25) is 0 Å². The van der Waals surface area contributed by atoms with Gasteiger partial charge in [0.2, 0.25) is 0 Å². The summed E-state index contributed by atoms with van der Waals surface area (Å²) in [6.07, 6.45) is 4.53. The van der Waals surface area contributed by atoms with Crippen molar-refractivity contribution in [3.05, 3.63) is 29.8 Å². The largest absolute Gasteiger partial charge is 0.508 e. The molecule has 1 fully saturated rings. The molecule has 1 saturated carbocycles. The quantitative estimate of drug-likeness (QED) is 0.888. The first kappa shape index (κ1) is 14.4. The maximum absolute atomic E-state index is 12.2. The number of phenolic OH excluding ortho intramolecular Hbond substituents is 1. The van der Waals surface area contributed by atoms with E-state index in [9.17, 15) is 15.2 Å². The molecule has 20 heavy (non-hydrogen) atoms. The van der Waals surface area contributed by atoms with Crippen molar-refractivity contribution in [1.29, 1.82) is 5.26 Å². The third-order valence-corrected chi connectivity index (χ3v) is 4.23. The van der Waals surface area contributed by atoms with Gasteiger partial charge in [0.1, 0.15) is 11.3 Å². The van der Waals surface area contributed by atoms with Crippen molar-refractivity contribution in [2.75, 3.05) is 0 Å². The SMILES string of the molecule is CCC1CCC(C#N)(NC(=O)c2ccc(O)cc2)CC1. The zero-order valence-electron chi connectivity index (χ0n) is 11.7. The Hall–Kier alpha value is -2.02. The minimum atomic E-state index is -0.735. The molecule has 0 saturated heterocycles. The highest BCUT2D eigenvalue weighted by atomic mass is 16.3. The number of carbonyl (C=O) groups excluding carboxylic acids is 1. The van der Waals surface area contributed by atoms with Gasteiger partial charge in [-0.05, 0) is 55.9 Å². The van der Waals surface area contributed by atoms with E-state index >= 15 is 0 Å². The number of rotatable bonds is 3. The van der Waals surface area contributed by atoms with Crippen molar-refractivity contribution in [1.82, 2.24) is 5.32 Å². The average Bonchev–Trinajstić information content (AvgIpc) is 2.48. The van der Waals surface area contributed by atoms with Crippen molar-refractivity contribution in [3.63, 3.8) is 0 Å². The summed E-state index contributed by atoms with van der Waals surface area (Å²) >= 11 is 0. The van der Waals surface area contributed by atoms with Crippen molar-refractivity contribution in [2.45, 2.75) is 44.6 Å². The number of hydrogen-bond acceptors (Lipinski definition) is 3. The maximum atomic E-state index is 12.2. The zero-order chi connectivity index (χ0) is 14.6. The van der Waals surface area contributed by atoms with E-state index in [1.54, 1.807) is 12.1 Å². The van der Waals surface area contributed by atoms with Crippen LogP contribution < -0.4 is 5.32 Å². The van der Waals surface area contributed by atoms with Gasteiger partial charge in [-0.1, -0.05) is 13.3 Å². The molecule has 4 nitrogen and oxygen atoms in total. The highest BCUT2D eigenvalue weighted by molar-refractivity contribution is 5.95. The van der Waals surface area contributed by atoms with Gasteiger partial charge in [0.05, 0.1) is 6.07 Å². The Bertz CT molecular complexity index is 508. The summed E-state index contributed by atoms with van der Waals surface area (Å²) in [6.45, 7) is 2.17. The van der Waals surface area contributed by atoms with E-state index in [-0.39, 0.29) is 11.7 Å². The average molecular weight is 272 g/mol. The molecule has 0 heterocycles. The van der Waals surface area contributed by atoms with Crippen LogP contribution in [0.3, 0.4) is 0 Å². The molecular formula is C16H20N2O2. The topological polar surface area (TPSA) is 73.1 Å². The van der Waals surface area contributed by atoms with Gasteiger partial charge >= 0.3 is 0 Å². The lowest BCUT2D eigenvalue weighted by molar-refractivity contribution is 0.0891. The van der Waals surface area contributed by atoms with Crippen LogP contribution in [-0.4, -0.2) is 16.6 Å². The van der Waals surface area contributed by atoms with Crippen LogP contribution in [0.4, 0.5) is 0 Å². The van der Waals surface area contributed by atoms with Gasteiger partial charge < -0.3 is 10.4 Å². The smallest absolute Gasteiger partial charge is 0.252 e. The Morgan fingerprint density at radius 2 is 2.00 bits per heavy atom. The van der Waals surface area contributed by atoms with Crippen LogP contribution in [0.25, 0.3) is 0 Å². The summed E-state index contributed by atoms with van der Waals surface area (Å²) in [6, 6.07) is 8.37. The number of benzene rings is 1. The van der Waals surface area contributed by atoms with Gasteiger partial charge in [0.25, 0.3) is 5.91 Å². The lowest BCUT2D eigenvalue weighted by Gasteiger charge is -2.35. The van der Waals surface area contributed by atoms with E-state index in [1.807, 2.05) is 0 Å². The van der Waals surface area contributed by atoms with Gasteiger partial charge in [0, 0.05) is 5.56 Å². The summed E-state index contributed by atoms with van der Waals surface area (Å²) in [5, 5.41) is 21.5. The molecule has 0 aliphatic heterocycles. The fourth-order valence-electron chi connectivity index (χ4n) is 2.75. The third kappa shape index (κ3) is 3.11. The lowest BCUT2D eigenvalue weighted by Crippen LogP contribution is -2.49. The van der Waals surface area contributed by atoms with E-state index in [2.05, 4.69) is 18.3 Å². The first-order valence-electron chi connectivity index (χ1n) is 7.11. The second-order valence-corrected chi connectivity index (χ2v) is 5.55. The van der Waals surface area contributed by atoms with Crippen LogP contribution in [0.15, 0.2) is 24.3 Å². The molecule has 2 N–H and O–H groups in total. The van der Waals surface area contributed by atoms with E-state index < -0.39 is 5.54 Å². The number of phenols is 1. The molecule has 106 valence electrons. The monoisotopic (exact) mass is 272 g/mol. The van der Waals surface area contributed by atoms with Gasteiger partial charge in [-0.2, -0.15) is 5.26 Å². The predicted molar refractivity (Wildman–Crippen MR) is 76.2 cm³/mol. The van der Waals surface area contributed by atoms with E-state index in [4.69, 9.17) is 0 Å². The molecule has 2 rings (SSSR count). The molecule has 1 aliphatic carbocycles. The molecule has 1 aromatic carbocycles. The number of nitrogens with one attached hydrogen (secondary N) is 1. The predicted octanol–water partition coefficient (Wildman–Crippen LogP) is 2.98. The molecule has 0 unspecified atom stereocenters. The number of hydrogen-bond donors (Lipinski definition) is 2. The molecule has 1 aromatic rings. The normalized spacial score (nSPS) is 25.7. The van der Waals surface area contributed by atoms with Crippen LogP contribution in [0.5, 0.6) is 5.75 Å². The Labute approximate surface area is 119 Å². The highest BCUT2D eigenvalue weighted by Gasteiger charge is 2.36. The van der Waals surface area contributed by atoms with Gasteiger partial charge in [-0.3, -0.25) is 4.79 Å². The molecule has 0 aromatic heterocycles. The van der Waals surface area contributed by atoms with Crippen molar-refractivity contribution >= 4 is 5.91 Å². The second-order valence-electron chi connectivity index (χ2n) is 5.55. The number of amides is 1. The first-order chi connectivity index (χ1) is 9.58. The van der Waals surface area contributed by atoms with Crippen LogP contribution in [-0.2, 0) is 0 Å². The summed E-state index contributed by atoms with van der Waals surface area (Å²) < 4.78 is 0.